The second kappa shape index (κ2) is 8.70. The maximum atomic E-state index is 12.1. The number of hydrogen-bond acceptors (Lipinski definition) is 6. The van der Waals surface area contributed by atoms with Gasteiger partial charge < -0.3 is 9.72 Å². The number of ether oxygens (including phenoxy) is 1. The van der Waals surface area contributed by atoms with Crippen LogP contribution in [0.5, 0.6) is 5.75 Å². The van der Waals surface area contributed by atoms with Gasteiger partial charge >= 0.3 is 0 Å². The fourth-order valence-corrected chi connectivity index (χ4v) is 2.98. The molecule has 0 saturated carbocycles. The zero-order valence-electron chi connectivity index (χ0n) is 14.9. The summed E-state index contributed by atoms with van der Waals surface area (Å²) in [5.74, 6) is 0.782. The number of thioether (sulfide) groups is 1. The zero-order chi connectivity index (χ0) is 18.4. The maximum Gasteiger partial charge on any atom is 0.270 e. The first kappa shape index (κ1) is 19.0. The lowest BCUT2D eigenvalue weighted by molar-refractivity contribution is 0.289. The molecule has 132 valence electrons. The van der Waals surface area contributed by atoms with E-state index in [-0.39, 0.29) is 5.56 Å². The van der Waals surface area contributed by atoms with E-state index in [1.165, 1.54) is 11.8 Å². The van der Waals surface area contributed by atoms with Gasteiger partial charge in [-0.25, -0.2) is 4.98 Å². The normalized spacial score (nSPS) is 10.7. The van der Waals surface area contributed by atoms with Crippen molar-refractivity contribution in [2.45, 2.75) is 25.5 Å². The van der Waals surface area contributed by atoms with E-state index in [2.05, 4.69) is 28.7 Å². The summed E-state index contributed by atoms with van der Waals surface area (Å²) in [6.07, 6.45) is 1.83. The number of benzene rings is 1. The molecule has 0 aliphatic rings. The van der Waals surface area contributed by atoms with Gasteiger partial charge in [0, 0.05) is 17.7 Å². The summed E-state index contributed by atoms with van der Waals surface area (Å²) in [4.78, 5) is 21.5. The lowest BCUT2D eigenvalue weighted by Crippen LogP contribution is -2.22. The molecule has 0 spiro atoms. The van der Waals surface area contributed by atoms with E-state index in [0.717, 1.165) is 36.5 Å². The molecule has 0 radical (unpaired) electrons. The van der Waals surface area contributed by atoms with Gasteiger partial charge in [0.15, 0.2) is 5.16 Å². The van der Waals surface area contributed by atoms with E-state index in [1.54, 1.807) is 7.11 Å². The molecular weight excluding hydrogens is 336 g/mol. The third-order valence-corrected chi connectivity index (χ3v) is 4.63. The molecular formula is C18H22N4O2S. The highest BCUT2D eigenvalue weighted by Gasteiger charge is 2.16. The van der Waals surface area contributed by atoms with E-state index in [0.29, 0.717) is 10.9 Å². The van der Waals surface area contributed by atoms with E-state index in [9.17, 15) is 10.1 Å². The topological polar surface area (TPSA) is 82.0 Å². The van der Waals surface area contributed by atoms with Crippen LogP contribution in [-0.4, -0.2) is 41.3 Å². The summed E-state index contributed by atoms with van der Waals surface area (Å²) in [6.45, 7) is 6.79. The number of methoxy groups -OCH3 is 1. The number of nitriles is 1. The predicted molar refractivity (Wildman–Crippen MR) is 100.0 cm³/mol. The van der Waals surface area contributed by atoms with Gasteiger partial charge in [-0.2, -0.15) is 5.26 Å². The predicted octanol–water partition coefficient (Wildman–Crippen LogP) is 2.88. The van der Waals surface area contributed by atoms with Crippen molar-refractivity contribution in [2.24, 2.45) is 0 Å². The van der Waals surface area contributed by atoms with Gasteiger partial charge in [0.05, 0.1) is 12.8 Å². The van der Waals surface area contributed by atoms with Crippen molar-refractivity contribution < 1.29 is 4.74 Å². The lowest BCUT2D eigenvalue weighted by Gasteiger charge is -2.20. The summed E-state index contributed by atoms with van der Waals surface area (Å²) >= 11 is 1.33. The molecule has 2 aromatic rings. The highest BCUT2D eigenvalue weighted by Crippen LogP contribution is 2.28. The Labute approximate surface area is 151 Å². The van der Waals surface area contributed by atoms with Crippen LogP contribution in [0.4, 0.5) is 0 Å². The van der Waals surface area contributed by atoms with Gasteiger partial charge in [-0.3, -0.25) is 9.69 Å². The van der Waals surface area contributed by atoms with Crippen LogP contribution in [0, 0.1) is 11.3 Å². The Kier molecular flexibility index (Phi) is 6.62. The highest BCUT2D eigenvalue weighted by atomic mass is 32.2. The minimum Gasteiger partial charge on any atom is -0.496 e. The first-order valence-corrected chi connectivity index (χ1v) is 9.28. The van der Waals surface area contributed by atoms with Gasteiger partial charge in [0.25, 0.3) is 5.56 Å². The Bertz CT molecular complexity index is 838. The maximum absolute atomic E-state index is 12.1. The van der Waals surface area contributed by atoms with Gasteiger partial charge in [0.2, 0.25) is 0 Å². The molecule has 6 nitrogen and oxygen atoms in total. The third kappa shape index (κ3) is 4.21. The van der Waals surface area contributed by atoms with Crippen molar-refractivity contribution in [2.75, 3.05) is 26.5 Å². The molecule has 0 atom stereocenters. The lowest BCUT2D eigenvalue weighted by atomic mass is 10.0. The minimum absolute atomic E-state index is 0.0248. The number of nitrogens with one attached hydrogen (secondary N) is 1. The molecule has 25 heavy (non-hydrogen) atoms. The fraction of sp³-hybridized carbons (Fsp3) is 0.389. The standard InChI is InChI=1S/C18H22N4O2S/c1-5-22(6-2)11-13-9-12(7-8-15(13)24-3)16-14(10-19)17(23)21-18(20-16)25-4/h7-9H,5-6,11H2,1-4H3,(H,20,21,23). The third-order valence-electron chi connectivity index (χ3n) is 4.05. The molecule has 0 amide bonds. The van der Waals surface area contributed by atoms with Crippen LogP contribution in [0.15, 0.2) is 28.2 Å². The average Bonchev–Trinajstić information content (AvgIpc) is 2.65. The van der Waals surface area contributed by atoms with Crippen LogP contribution in [0.2, 0.25) is 0 Å². The smallest absolute Gasteiger partial charge is 0.270 e. The van der Waals surface area contributed by atoms with Gasteiger partial charge in [-0.05, 0) is 37.5 Å². The molecule has 0 aliphatic heterocycles. The first-order valence-electron chi connectivity index (χ1n) is 8.05. The fourth-order valence-electron chi connectivity index (χ4n) is 2.60. The van der Waals surface area contributed by atoms with Crippen molar-refractivity contribution in [3.8, 4) is 23.1 Å². The van der Waals surface area contributed by atoms with Crippen molar-refractivity contribution >= 4 is 11.8 Å². The van der Waals surface area contributed by atoms with E-state index in [4.69, 9.17) is 4.74 Å². The molecule has 1 heterocycles. The Morgan fingerprint density at radius 2 is 2.08 bits per heavy atom. The summed E-state index contributed by atoms with van der Waals surface area (Å²) < 4.78 is 5.47. The van der Waals surface area contributed by atoms with Crippen molar-refractivity contribution in [3.05, 3.63) is 39.7 Å². The Morgan fingerprint density at radius 1 is 1.36 bits per heavy atom. The molecule has 1 aromatic heterocycles. The van der Waals surface area contributed by atoms with E-state index in [1.807, 2.05) is 30.5 Å². The van der Waals surface area contributed by atoms with Crippen LogP contribution in [0.25, 0.3) is 11.3 Å². The first-order chi connectivity index (χ1) is 12.1. The molecule has 0 aliphatic carbocycles. The van der Waals surface area contributed by atoms with E-state index < -0.39 is 5.56 Å². The molecule has 0 saturated heterocycles. The molecule has 0 bridgehead atoms. The number of hydrogen-bond donors (Lipinski definition) is 1. The van der Waals surface area contributed by atoms with Crippen LogP contribution >= 0.6 is 11.8 Å². The monoisotopic (exact) mass is 358 g/mol. The molecule has 1 aromatic carbocycles. The quantitative estimate of drug-likeness (QED) is 0.605. The summed E-state index contributed by atoms with van der Waals surface area (Å²) in [5, 5.41) is 9.85. The second-order valence-corrected chi connectivity index (χ2v) is 6.19. The summed E-state index contributed by atoms with van der Waals surface area (Å²) in [5.41, 5.74) is 1.75. The molecule has 1 N–H and O–H groups in total. The summed E-state index contributed by atoms with van der Waals surface area (Å²) in [6, 6.07) is 7.60. The van der Waals surface area contributed by atoms with Crippen LogP contribution in [0.1, 0.15) is 25.0 Å². The van der Waals surface area contributed by atoms with Crippen molar-refractivity contribution in [1.82, 2.24) is 14.9 Å². The number of aromatic nitrogens is 2. The molecule has 0 unspecified atom stereocenters. The van der Waals surface area contributed by atoms with Gasteiger partial charge in [0.1, 0.15) is 17.4 Å². The largest absolute Gasteiger partial charge is 0.496 e. The number of rotatable bonds is 7. The number of nitrogens with zero attached hydrogens (tertiary/aromatic N) is 3. The second-order valence-electron chi connectivity index (χ2n) is 5.40. The number of aromatic amines is 1. The SMILES string of the molecule is CCN(CC)Cc1cc(-c2nc(SC)[nH]c(=O)c2C#N)ccc1OC. The van der Waals surface area contributed by atoms with Gasteiger partial charge in [-0.1, -0.05) is 25.6 Å². The van der Waals surface area contributed by atoms with Gasteiger partial charge in [-0.15, -0.1) is 0 Å². The zero-order valence-corrected chi connectivity index (χ0v) is 15.7. The van der Waals surface area contributed by atoms with E-state index >= 15 is 0 Å². The summed E-state index contributed by atoms with van der Waals surface area (Å²) in [7, 11) is 1.64. The Balaban J connectivity index is 2.59. The average molecular weight is 358 g/mol. The number of H-pyrrole nitrogens is 1. The van der Waals surface area contributed by atoms with Crippen molar-refractivity contribution in [1.29, 1.82) is 5.26 Å². The molecule has 7 heteroatoms. The minimum atomic E-state index is -0.419. The molecule has 2 rings (SSSR count). The van der Waals surface area contributed by atoms with Crippen LogP contribution in [-0.2, 0) is 6.54 Å². The highest BCUT2D eigenvalue weighted by molar-refractivity contribution is 7.98. The molecule has 0 fully saturated rings. The van der Waals surface area contributed by atoms with Crippen molar-refractivity contribution in [3.63, 3.8) is 0 Å². The van der Waals surface area contributed by atoms with Crippen LogP contribution < -0.4 is 10.3 Å². The Hall–Kier alpha value is -2.30. The Morgan fingerprint density at radius 3 is 2.64 bits per heavy atom. The van der Waals surface area contributed by atoms with Crippen LogP contribution in [0.3, 0.4) is 0 Å².